The van der Waals surface area contributed by atoms with E-state index in [9.17, 15) is 0 Å². The molecule has 0 N–H and O–H groups in total. The molecule has 2 aliphatic rings. The van der Waals surface area contributed by atoms with Gasteiger partial charge in [-0.3, -0.25) is 0 Å². The fourth-order valence-corrected chi connectivity index (χ4v) is 10.3. The molecule has 0 aliphatic carbocycles. The molecule has 0 saturated carbocycles. The Bertz CT molecular complexity index is 2880. The van der Waals surface area contributed by atoms with Gasteiger partial charge in [-0.1, -0.05) is 133 Å². The molecule has 0 saturated heterocycles. The minimum absolute atomic E-state index is 0.0279. The van der Waals surface area contributed by atoms with E-state index in [4.69, 9.17) is 0 Å². The van der Waals surface area contributed by atoms with E-state index in [1.54, 1.807) is 0 Å². The maximum Gasteiger partial charge on any atom is 0.252 e. The molecule has 9 aromatic rings. The quantitative estimate of drug-likeness (QED) is 0.149. The number of anilines is 9. The molecule has 62 heavy (non-hydrogen) atoms. The maximum absolute atomic E-state index is 2.53. The van der Waals surface area contributed by atoms with Crippen molar-refractivity contribution in [3.8, 4) is 22.3 Å². The van der Waals surface area contributed by atoms with Crippen molar-refractivity contribution >= 4 is 74.3 Å². The summed E-state index contributed by atoms with van der Waals surface area (Å²) in [4.78, 5) is 7.46. The largest absolute Gasteiger partial charge is 0.311 e. The Morgan fingerprint density at radius 1 is 0.339 bits per heavy atom. The molecule has 0 bridgehead atoms. The molecule has 0 spiro atoms. The van der Waals surface area contributed by atoms with Gasteiger partial charge in [0.2, 0.25) is 0 Å². The van der Waals surface area contributed by atoms with Crippen molar-refractivity contribution in [2.24, 2.45) is 0 Å². The van der Waals surface area contributed by atoms with Crippen LogP contribution in [0.3, 0.4) is 0 Å². The Morgan fingerprint density at radius 2 is 0.710 bits per heavy atom. The number of aryl methyl sites for hydroxylation is 4. The van der Waals surface area contributed by atoms with Gasteiger partial charge in [0.05, 0.1) is 5.69 Å². The Kier molecular flexibility index (Phi) is 9.16. The van der Waals surface area contributed by atoms with Gasteiger partial charge in [0, 0.05) is 45.5 Å². The first-order valence-corrected chi connectivity index (χ1v) is 21.6. The van der Waals surface area contributed by atoms with E-state index in [0.717, 1.165) is 28.4 Å². The molecule has 0 aromatic heterocycles. The van der Waals surface area contributed by atoms with Gasteiger partial charge in [0.25, 0.3) is 6.71 Å². The summed E-state index contributed by atoms with van der Waals surface area (Å²) >= 11 is 0. The molecule has 11 rings (SSSR count). The Balaban J connectivity index is 1.27. The van der Waals surface area contributed by atoms with Crippen LogP contribution in [0.4, 0.5) is 51.2 Å². The molecule has 0 radical (unpaired) electrons. The third-order valence-electron chi connectivity index (χ3n) is 12.9. The van der Waals surface area contributed by atoms with Crippen molar-refractivity contribution < 1.29 is 0 Å². The first-order chi connectivity index (χ1) is 30.4. The smallest absolute Gasteiger partial charge is 0.252 e. The van der Waals surface area contributed by atoms with Crippen molar-refractivity contribution in [2.75, 3.05) is 14.7 Å². The van der Waals surface area contributed by atoms with Gasteiger partial charge in [-0.25, -0.2) is 0 Å². The standard InChI is InChI=1S/C58H46BN3/c1-39-19-17-20-40(2)56(39)43-31-33-50-52(35-43)61(47-27-13-7-14-28-47)54-37-49(60(45-23-9-5-10-24-45)46-25-11-6-12-26-46)38-55-58(54)59(50)51-34-32-44(57-41(3)21-18-22-42(57)4)36-53(51)62(55)48-29-15-8-16-30-48/h5-38H,1-4H3. The predicted octanol–water partition coefficient (Wildman–Crippen LogP) is 13.8. The zero-order valence-corrected chi connectivity index (χ0v) is 35.5. The monoisotopic (exact) mass is 795 g/mol. The van der Waals surface area contributed by atoms with Gasteiger partial charge in [-0.2, -0.15) is 0 Å². The number of nitrogens with zero attached hydrogens (tertiary/aromatic N) is 3. The van der Waals surface area contributed by atoms with Gasteiger partial charge in [0.1, 0.15) is 0 Å². The summed E-state index contributed by atoms with van der Waals surface area (Å²) in [6.07, 6.45) is 0. The molecule has 0 unspecified atom stereocenters. The van der Waals surface area contributed by atoms with Crippen LogP contribution in [0, 0.1) is 27.7 Å². The van der Waals surface area contributed by atoms with E-state index in [0.29, 0.717) is 0 Å². The number of benzene rings is 9. The highest BCUT2D eigenvalue weighted by molar-refractivity contribution is 7.00. The molecule has 0 fully saturated rings. The molecule has 4 heteroatoms. The summed E-state index contributed by atoms with van der Waals surface area (Å²) in [6, 6.07) is 76.0. The van der Waals surface area contributed by atoms with E-state index >= 15 is 0 Å². The second kappa shape index (κ2) is 15.2. The van der Waals surface area contributed by atoms with Gasteiger partial charge < -0.3 is 14.7 Å². The highest BCUT2D eigenvalue weighted by Gasteiger charge is 2.44. The van der Waals surface area contributed by atoms with Crippen LogP contribution < -0.4 is 31.1 Å². The Hall–Kier alpha value is -7.56. The maximum atomic E-state index is 2.53. The first kappa shape index (κ1) is 37.4. The van der Waals surface area contributed by atoms with Crippen molar-refractivity contribution in [3.05, 3.63) is 229 Å². The first-order valence-electron chi connectivity index (χ1n) is 21.6. The highest BCUT2D eigenvalue weighted by atomic mass is 15.2. The Labute approximate surface area is 365 Å². The molecule has 2 aliphatic heterocycles. The third kappa shape index (κ3) is 6.13. The third-order valence-corrected chi connectivity index (χ3v) is 12.9. The molecule has 296 valence electrons. The van der Waals surface area contributed by atoms with Crippen LogP contribution in [0.15, 0.2) is 206 Å². The SMILES string of the molecule is Cc1cccc(C)c1-c1ccc2c(c1)N(c1ccccc1)c1cc(N(c3ccccc3)c3ccccc3)cc3c1B2c1ccc(-c2c(C)cccc2C)cc1N3c1ccccc1. The molecule has 2 heterocycles. The zero-order chi connectivity index (χ0) is 41.9. The summed E-state index contributed by atoms with van der Waals surface area (Å²) in [5.74, 6) is 0. The van der Waals surface area contributed by atoms with E-state index in [2.05, 4.69) is 249 Å². The van der Waals surface area contributed by atoms with E-state index < -0.39 is 0 Å². The number of fused-ring (bicyclic) bond motifs is 4. The number of hydrogen-bond donors (Lipinski definition) is 0. The van der Waals surface area contributed by atoms with E-state index in [-0.39, 0.29) is 6.71 Å². The lowest BCUT2D eigenvalue weighted by Crippen LogP contribution is -2.61. The second-order valence-corrected chi connectivity index (χ2v) is 16.8. The lowest BCUT2D eigenvalue weighted by atomic mass is 9.33. The number of hydrogen-bond acceptors (Lipinski definition) is 3. The fraction of sp³-hybridized carbons (Fsp3) is 0.0690. The summed E-state index contributed by atoms with van der Waals surface area (Å²) in [5.41, 5.74) is 24.3. The van der Waals surface area contributed by atoms with Gasteiger partial charge in [-0.05, 0) is 161 Å². The number of para-hydroxylation sites is 4. The lowest BCUT2D eigenvalue weighted by molar-refractivity contribution is 1.22. The van der Waals surface area contributed by atoms with Crippen LogP contribution in [0.1, 0.15) is 22.3 Å². The van der Waals surface area contributed by atoms with Gasteiger partial charge in [-0.15, -0.1) is 0 Å². The Morgan fingerprint density at radius 3 is 1.10 bits per heavy atom. The minimum Gasteiger partial charge on any atom is -0.311 e. The minimum atomic E-state index is -0.0279. The van der Waals surface area contributed by atoms with Crippen LogP contribution in [0.2, 0.25) is 0 Å². The molecule has 0 atom stereocenters. The van der Waals surface area contributed by atoms with Crippen molar-refractivity contribution in [1.29, 1.82) is 0 Å². The van der Waals surface area contributed by atoms with Gasteiger partial charge in [0.15, 0.2) is 0 Å². The second-order valence-electron chi connectivity index (χ2n) is 16.8. The summed E-state index contributed by atoms with van der Waals surface area (Å²) in [6.45, 7) is 8.90. The topological polar surface area (TPSA) is 9.72 Å². The molecular weight excluding hydrogens is 749 g/mol. The predicted molar refractivity (Wildman–Crippen MR) is 265 cm³/mol. The molecule has 9 aromatic carbocycles. The lowest BCUT2D eigenvalue weighted by Gasteiger charge is -2.45. The van der Waals surface area contributed by atoms with Gasteiger partial charge >= 0.3 is 0 Å². The van der Waals surface area contributed by atoms with Crippen molar-refractivity contribution in [1.82, 2.24) is 0 Å². The zero-order valence-electron chi connectivity index (χ0n) is 35.5. The average Bonchev–Trinajstić information content (AvgIpc) is 3.30. The van der Waals surface area contributed by atoms with Crippen LogP contribution in [0.5, 0.6) is 0 Å². The van der Waals surface area contributed by atoms with Crippen LogP contribution in [-0.4, -0.2) is 6.71 Å². The summed E-state index contributed by atoms with van der Waals surface area (Å²) in [7, 11) is 0. The average molecular weight is 796 g/mol. The van der Waals surface area contributed by atoms with Crippen LogP contribution in [-0.2, 0) is 0 Å². The van der Waals surface area contributed by atoms with E-state index in [1.165, 1.54) is 83.6 Å². The van der Waals surface area contributed by atoms with Crippen molar-refractivity contribution in [2.45, 2.75) is 27.7 Å². The summed E-state index contributed by atoms with van der Waals surface area (Å²) in [5, 5.41) is 0. The normalized spacial score (nSPS) is 12.4. The summed E-state index contributed by atoms with van der Waals surface area (Å²) < 4.78 is 0. The fourth-order valence-electron chi connectivity index (χ4n) is 10.3. The van der Waals surface area contributed by atoms with Crippen LogP contribution >= 0.6 is 0 Å². The van der Waals surface area contributed by atoms with E-state index in [1.807, 2.05) is 0 Å². The number of rotatable bonds is 7. The molecule has 0 amide bonds. The molecule has 3 nitrogen and oxygen atoms in total. The molecular formula is C58H46BN3. The van der Waals surface area contributed by atoms with Crippen molar-refractivity contribution in [3.63, 3.8) is 0 Å². The highest BCUT2D eigenvalue weighted by Crippen LogP contribution is 2.49. The van der Waals surface area contributed by atoms with Crippen LogP contribution in [0.25, 0.3) is 22.3 Å².